The highest BCUT2D eigenvalue weighted by atomic mass is 19.3. The largest absolute Gasteiger partial charge is 0.327 e. The van der Waals surface area contributed by atoms with Gasteiger partial charge in [-0.05, 0) is 37.3 Å². The van der Waals surface area contributed by atoms with Crippen molar-refractivity contribution in [2.75, 3.05) is 0 Å². The maximum absolute atomic E-state index is 12.1. The van der Waals surface area contributed by atoms with E-state index in [1.54, 1.807) is 0 Å². The highest BCUT2D eigenvalue weighted by molar-refractivity contribution is 5.35. The number of aryl methyl sites for hydroxylation is 1. The van der Waals surface area contributed by atoms with E-state index in [1.807, 2.05) is 19.1 Å². The van der Waals surface area contributed by atoms with E-state index in [2.05, 4.69) is 12.1 Å². The van der Waals surface area contributed by atoms with Crippen molar-refractivity contribution >= 4 is 0 Å². The molecular formula is C14H19F2N. The van der Waals surface area contributed by atoms with E-state index in [9.17, 15) is 8.78 Å². The van der Waals surface area contributed by atoms with Gasteiger partial charge in [-0.1, -0.05) is 24.3 Å². The standard InChI is InChI=1S/C14H19F2N/c1-10(17)14(8-9-14)12-5-2-11(3-6-12)4-7-13(15)16/h2-3,5-6,10,13H,4,7-9,17H2,1H3. The van der Waals surface area contributed by atoms with Gasteiger partial charge in [0.05, 0.1) is 0 Å². The van der Waals surface area contributed by atoms with Crippen LogP contribution in [0.4, 0.5) is 8.78 Å². The molecule has 0 heterocycles. The van der Waals surface area contributed by atoms with Crippen LogP contribution in [0.3, 0.4) is 0 Å². The van der Waals surface area contributed by atoms with E-state index >= 15 is 0 Å². The highest BCUT2D eigenvalue weighted by Gasteiger charge is 2.47. The van der Waals surface area contributed by atoms with Gasteiger partial charge < -0.3 is 5.73 Å². The summed E-state index contributed by atoms with van der Waals surface area (Å²) in [4.78, 5) is 0. The van der Waals surface area contributed by atoms with Crippen LogP contribution in [0.5, 0.6) is 0 Å². The molecule has 1 unspecified atom stereocenters. The molecule has 0 spiro atoms. The molecule has 0 aliphatic heterocycles. The van der Waals surface area contributed by atoms with Gasteiger partial charge in [-0.25, -0.2) is 8.78 Å². The molecule has 1 aliphatic carbocycles. The number of alkyl halides is 2. The van der Waals surface area contributed by atoms with E-state index in [1.165, 1.54) is 5.56 Å². The lowest BCUT2D eigenvalue weighted by Crippen LogP contribution is -2.31. The summed E-state index contributed by atoms with van der Waals surface area (Å²) in [6.07, 6.45) is 0.455. The third-order valence-corrected chi connectivity index (χ3v) is 3.84. The predicted molar refractivity (Wildman–Crippen MR) is 65.3 cm³/mol. The van der Waals surface area contributed by atoms with Gasteiger partial charge in [-0.2, -0.15) is 0 Å². The molecule has 2 N–H and O–H groups in total. The Morgan fingerprint density at radius 1 is 1.24 bits per heavy atom. The van der Waals surface area contributed by atoms with Crippen molar-refractivity contribution in [2.45, 2.75) is 50.5 Å². The minimum Gasteiger partial charge on any atom is -0.327 e. The first-order valence-electron chi connectivity index (χ1n) is 6.18. The van der Waals surface area contributed by atoms with E-state index in [4.69, 9.17) is 5.73 Å². The summed E-state index contributed by atoms with van der Waals surface area (Å²) in [5.74, 6) is 0. The molecule has 94 valence electrons. The molecule has 1 fully saturated rings. The van der Waals surface area contributed by atoms with Crippen LogP contribution < -0.4 is 5.73 Å². The lowest BCUT2D eigenvalue weighted by molar-refractivity contribution is 0.138. The summed E-state index contributed by atoms with van der Waals surface area (Å²) in [7, 11) is 0. The van der Waals surface area contributed by atoms with Gasteiger partial charge in [0.25, 0.3) is 0 Å². The van der Waals surface area contributed by atoms with Gasteiger partial charge in [0.15, 0.2) is 0 Å². The second kappa shape index (κ2) is 4.73. The van der Waals surface area contributed by atoms with Crippen LogP contribution in [-0.4, -0.2) is 12.5 Å². The summed E-state index contributed by atoms with van der Waals surface area (Å²) in [6, 6.07) is 8.18. The summed E-state index contributed by atoms with van der Waals surface area (Å²) in [5, 5.41) is 0. The number of rotatable bonds is 5. The van der Waals surface area contributed by atoms with Crippen molar-refractivity contribution in [1.29, 1.82) is 0 Å². The van der Waals surface area contributed by atoms with Gasteiger partial charge in [-0.15, -0.1) is 0 Å². The number of hydrogen-bond acceptors (Lipinski definition) is 1. The molecule has 0 saturated heterocycles. The third-order valence-electron chi connectivity index (χ3n) is 3.84. The van der Waals surface area contributed by atoms with Gasteiger partial charge in [0.1, 0.15) is 0 Å². The second-order valence-corrected chi connectivity index (χ2v) is 5.07. The van der Waals surface area contributed by atoms with Crippen LogP contribution in [0.15, 0.2) is 24.3 Å². The van der Waals surface area contributed by atoms with Gasteiger partial charge >= 0.3 is 0 Å². The average Bonchev–Trinajstić information content (AvgIpc) is 3.08. The number of benzene rings is 1. The lowest BCUT2D eigenvalue weighted by Gasteiger charge is -2.20. The topological polar surface area (TPSA) is 26.0 Å². The van der Waals surface area contributed by atoms with Crippen LogP contribution in [0.25, 0.3) is 0 Å². The zero-order valence-corrected chi connectivity index (χ0v) is 10.1. The fraction of sp³-hybridized carbons (Fsp3) is 0.571. The molecule has 3 heteroatoms. The predicted octanol–water partition coefficient (Wildman–Crippen LogP) is 3.26. The highest BCUT2D eigenvalue weighted by Crippen LogP contribution is 2.50. The Balaban J connectivity index is 2.03. The van der Waals surface area contributed by atoms with E-state index < -0.39 is 6.43 Å². The Morgan fingerprint density at radius 3 is 2.24 bits per heavy atom. The van der Waals surface area contributed by atoms with Gasteiger partial charge in [-0.3, -0.25) is 0 Å². The summed E-state index contributed by atoms with van der Waals surface area (Å²) in [6.45, 7) is 2.04. The molecule has 0 aromatic heterocycles. The van der Waals surface area contributed by atoms with Crippen LogP contribution in [-0.2, 0) is 11.8 Å². The van der Waals surface area contributed by atoms with Crippen molar-refractivity contribution < 1.29 is 8.78 Å². The SMILES string of the molecule is CC(N)C1(c2ccc(CCC(F)F)cc2)CC1. The first-order chi connectivity index (χ1) is 8.04. The Morgan fingerprint density at radius 2 is 1.82 bits per heavy atom. The lowest BCUT2D eigenvalue weighted by atomic mass is 9.89. The number of nitrogens with two attached hydrogens (primary N) is 1. The minimum atomic E-state index is -2.21. The Labute approximate surface area is 101 Å². The van der Waals surface area contributed by atoms with Crippen molar-refractivity contribution in [2.24, 2.45) is 5.73 Å². The van der Waals surface area contributed by atoms with Gasteiger partial charge in [0.2, 0.25) is 6.43 Å². The summed E-state index contributed by atoms with van der Waals surface area (Å²) < 4.78 is 24.2. The zero-order valence-electron chi connectivity index (χ0n) is 10.1. The molecule has 1 aliphatic rings. The van der Waals surface area contributed by atoms with E-state index in [0.29, 0.717) is 6.42 Å². The molecule has 2 rings (SSSR count). The Bertz CT molecular complexity index is 366. The fourth-order valence-corrected chi connectivity index (χ4v) is 2.42. The minimum absolute atomic E-state index is 0.0578. The smallest absolute Gasteiger partial charge is 0.239 e. The van der Waals surface area contributed by atoms with Crippen molar-refractivity contribution in [1.82, 2.24) is 0 Å². The summed E-state index contributed by atoms with van der Waals surface area (Å²) in [5.41, 5.74) is 8.39. The molecule has 1 nitrogen and oxygen atoms in total. The zero-order chi connectivity index (χ0) is 12.5. The molecule has 1 aromatic rings. The quantitative estimate of drug-likeness (QED) is 0.838. The van der Waals surface area contributed by atoms with Crippen molar-refractivity contribution in [3.05, 3.63) is 35.4 Å². The van der Waals surface area contributed by atoms with Crippen LogP contribution in [0, 0.1) is 0 Å². The monoisotopic (exact) mass is 239 g/mol. The second-order valence-electron chi connectivity index (χ2n) is 5.07. The normalized spacial score (nSPS) is 19.4. The van der Waals surface area contributed by atoms with E-state index in [0.717, 1.165) is 18.4 Å². The molecule has 17 heavy (non-hydrogen) atoms. The molecule has 1 atom stereocenters. The van der Waals surface area contributed by atoms with Gasteiger partial charge in [0, 0.05) is 17.9 Å². The van der Waals surface area contributed by atoms with Crippen LogP contribution in [0.1, 0.15) is 37.3 Å². The Kier molecular flexibility index (Phi) is 3.48. The number of halogens is 2. The third kappa shape index (κ3) is 2.65. The van der Waals surface area contributed by atoms with E-state index in [-0.39, 0.29) is 17.9 Å². The molecule has 0 bridgehead atoms. The number of hydrogen-bond donors (Lipinski definition) is 1. The first-order valence-corrected chi connectivity index (χ1v) is 6.18. The maximum atomic E-state index is 12.1. The maximum Gasteiger partial charge on any atom is 0.239 e. The molecular weight excluding hydrogens is 220 g/mol. The van der Waals surface area contributed by atoms with Crippen molar-refractivity contribution in [3.8, 4) is 0 Å². The molecule has 1 aromatic carbocycles. The van der Waals surface area contributed by atoms with Crippen molar-refractivity contribution in [3.63, 3.8) is 0 Å². The van der Waals surface area contributed by atoms with Crippen LogP contribution in [0.2, 0.25) is 0 Å². The molecule has 1 saturated carbocycles. The molecule has 0 radical (unpaired) electrons. The molecule has 0 amide bonds. The fourth-order valence-electron chi connectivity index (χ4n) is 2.42. The average molecular weight is 239 g/mol. The Hall–Kier alpha value is -0.960. The summed E-state index contributed by atoms with van der Waals surface area (Å²) >= 11 is 0. The first kappa shape index (κ1) is 12.5. The van der Waals surface area contributed by atoms with Crippen LogP contribution >= 0.6 is 0 Å².